The molecule has 1 aliphatic carbocycles. The van der Waals surface area contributed by atoms with Crippen molar-refractivity contribution in [3.8, 4) is 0 Å². The fourth-order valence-corrected chi connectivity index (χ4v) is 2.74. The Bertz CT molecular complexity index is 301. The SMILES string of the molecule is CCC1CCCC(C)c2ccccc21. The van der Waals surface area contributed by atoms with Crippen LogP contribution in [0.2, 0.25) is 0 Å². The second-order valence-corrected chi connectivity index (χ2v) is 4.57. The molecular weight excluding hydrogens is 168 g/mol. The normalized spacial score (nSPS) is 26.7. The first kappa shape index (κ1) is 9.76. The van der Waals surface area contributed by atoms with Gasteiger partial charge in [-0.1, -0.05) is 44.5 Å². The molecule has 2 atom stereocenters. The summed E-state index contributed by atoms with van der Waals surface area (Å²) in [5.74, 6) is 1.58. The lowest BCUT2D eigenvalue weighted by molar-refractivity contribution is 0.564. The van der Waals surface area contributed by atoms with E-state index >= 15 is 0 Å². The van der Waals surface area contributed by atoms with Crippen molar-refractivity contribution >= 4 is 0 Å². The van der Waals surface area contributed by atoms with E-state index in [1.807, 2.05) is 0 Å². The fraction of sp³-hybridized carbons (Fsp3) is 0.571. The molecule has 1 aliphatic rings. The van der Waals surface area contributed by atoms with Crippen LogP contribution in [0.15, 0.2) is 24.3 Å². The molecule has 0 heteroatoms. The van der Waals surface area contributed by atoms with E-state index in [2.05, 4.69) is 38.1 Å². The minimum atomic E-state index is 0.766. The highest BCUT2D eigenvalue weighted by Crippen LogP contribution is 2.37. The molecule has 0 saturated carbocycles. The third-order valence-electron chi connectivity index (χ3n) is 3.65. The fourth-order valence-electron chi connectivity index (χ4n) is 2.74. The summed E-state index contributed by atoms with van der Waals surface area (Å²) in [6.45, 7) is 4.69. The lowest BCUT2D eigenvalue weighted by atomic mass is 9.88. The van der Waals surface area contributed by atoms with E-state index in [1.54, 1.807) is 11.1 Å². The largest absolute Gasteiger partial charge is 0.0648 e. The number of rotatable bonds is 1. The molecule has 76 valence electrons. The third kappa shape index (κ3) is 1.70. The zero-order valence-corrected chi connectivity index (χ0v) is 9.29. The summed E-state index contributed by atoms with van der Waals surface area (Å²) >= 11 is 0. The quantitative estimate of drug-likeness (QED) is 0.570. The van der Waals surface area contributed by atoms with Gasteiger partial charge < -0.3 is 0 Å². The van der Waals surface area contributed by atoms with Crippen LogP contribution < -0.4 is 0 Å². The Labute approximate surface area is 87.3 Å². The zero-order valence-electron chi connectivity index (χ0n) is 9.29. The molecule has 0 radical (unpaired) electrons. The first-order valence-corrected chi connectivity index (χ1v) is 5.91. The van der Waals surface area contributed by atoms with Gasteiger partial charge in [0.25, 0.3) is 0 Å². The summed E-state index contributed by atoms with van der Waals surface area (Å²) in [7, 11) is 0. The van der Waals surface area contributed by atoms with Gasteiger partial charge in [-0.15, -0.1) is 0 Å². The number of fused-ring (bicyclic) bond motifs is 1. The van der Waals surface area contributed by atoms with E-state index in [0.29, 0.717) is 0 Å². The van der Waals surface area contributed by atoms with E-state index in [9.17, 15) is 0 Å². The molecule has 0 bridgehead atoms. The van der Waals surface area contributed by atoms with Crippen molar-refractivity contribution < 1.29 is 0 Å². The predicted molar refractivity (Wildman–Crippen MR) is 61.7 cm³/mol. The van der Waals surface area contributed by atoms with Crippen LogP contribution in [0.5, 0.6) is 0 Å². The summed E-state index contributed by atoms with van der Waals surface area (Å²) in [5, 5.41) is 0. The highest BCUT2D eigenvalue weighted by Gasteiger charge is 2.20. The molecule has 0 nitrogen and oxygen atoms in total. The Balaban J connectivity index is 2.41. The van der Waals surface area contributed by atoms with Crippen LogP contribution in [0.3, 0.4) is 0 Å². The van der Waals surface area contributed by atoms with Gasteiger partial charge in [-0.25, -0.2) is 0 Å². The van der Waals surface area contributed by atoms with E-state index < -0.39 is 0 Å². The van der Waals surface area contributed by atoms with Crippen molar-refractivity contribution in [3.63, 3.8) is 0 Å². The second kappa shape index (κ2) is 4.16. The standard InChI is InChI=1S/C14H20/c1-3-12-8-6-7-11(2)13-9-4-5-10-14(12)13/h4-5,9-12H,3,6-8H2,1-2H3. The van der Waals surface area contributed by atoms with E-state index in [0.717, 1.165) is 11.8 Å². The average molecular weight is 188 g/mol. The number of hydrogen-bond donors (Lipinski definition) is 0. The summed E-state index contributed by atoms with van der Waals surface area (Å²) in [5.41, 5.74) is 3.23. The molecule has 14 heavy (non-hydrogen) atoms. The number of benzene rings is 1. The van der Waals surface area contributed by atoms with Gasteiger partial charge in [0.15, 0.2) is 0 Å². The van der Waals surface area contributed by atoms with Gasteiger partial charge in [0.2, 0.25) is 0 Å². The topological polar surface area (TPSA) is 0 Å². The lowest BCUT2D eigenvalue weighted by Crippen LogP contribution is -1.99. The average Bonchev–Trinajstić information content (AvgIpc) is 2.39. The molecule has 0 aromatic heterocycles. The van der Waals surface area contributed by atoms with Gasteiger partial charge in [-0.05, 0) is 42.2 Å². The van der Waals surface area contributed by atoms with Crippen LogP contribution in [0, 0.1) is 0 Å². The van der Waals surface area contributed by atoms with Gasteiger partial charge in [0.05, 0.1) is 0 Å². The Hall–Kier alpha value is -0.780. The molecule has 1 aromatic carbocycles. The molecule has 0 aliphatic heterocycles. The molecule has 0 amide bonds. The van der Waals surface area contributed by atoms with Crippen molar-refractivity contribution in [1.82, 2.24) is 0 Å². The van der Waals surface area contributed by atoms with E-state index in [4.69, 9.17) is 0 Å². The summed E-state index contributed by atoms with van der Waals surface area (Å²) in [6.07, 6.45) is 5.45. The van der Waals surface area contributed by atoms with Gasteiger partial charge >= 0.3 is 0 Å². The lowest BCUT2D eigenvalue weighted by Gasteiger charge is -2.17. The van der Waals surface area contributed by atoms with Crippen molar-refractivity contribution in [2.45, 2.75) is 51.4 Å². The summed E-state index contributed by atoms with van der Waals surface area (Å²) in [4.78, 5) is 0. The second-order valence-electron chi connectivity index (χ2n) is 4.57. The first-order valence-electron chi connectivity index (χ1n) is 5.91. The van der Waals surface area contributed by atoms with Crippen LogP contribution in [-0.2, 0) is 0 Å². The Kier molecular flexibility index (Phi) is 2.90. The molecule has 0 spiro atoms. The highest BCUT2D eigenvalue weighted by atomic mass is 14.2. The van der Waals surface area contributed by atoms with Crippen molar-refractivity contribution in [3.05, 3.63) is 35.4 Å². The maximum Gasteiger partial charge on any atom is -0.0162 e. The third-order valence-corrected chi connectivity index (χ3v) is 3.65. The molecule has 2 unspecified atom stereocenters. The number of hydrogen-bond acceptors (Lipinski definition) is 0. The Morgan fingerprint density at radius 2 is 1.86 bits per heavy atom. The highest BCUT2D eigenvalue weighted by molar-refractivity contribution is 5.33. The van der Waals surface area contributed by atoms with Crippen LogP contribution in [0.1, 0.15) is 62.5 Å². The molecule has 0 N–H and O–H groups in total. The monoisotopic (exact) mass is 188 g/mol. The van der Waals surface area contributed by atoms with Gasteiger partial charge in [0, 0.05) is 0 Å². The van der Waals surface area contributed by atoms with Crippen molar-refractivity contribution in [2.24, 2.45) is 0 Å². The predicted octanol–water partition coefficient (Wildman–Crippen LogP) is 4.47. The zero-order chi connectivity index (χ0) is 9.97. The van der Waals surface area contributed by atoms with Crippen molar-refractivity contribution in [2.75, 3.05) is 0 Å². The molecule has 0 saturated heterocycles. The maximum absolute atomic E-state index is 2.37. The van der Waals surface area contributed by atoms with Gasteiger partial charge in [0.1, 0.15) is 0 Å². The van der Waals surface area contributed by atoms with Crippen LogP contribution >= 0.6 is 0 Å². The van der Waals surface area contributed by atoms with Crippen LogP contribution in [0.25, 0.3) is 0 Å². The van der Waals surface area contributed by atoms with Gasteiger partial charge in [-0.2, -0.15) is 0 Å². The van der Waals surface area contributed by atoms with E-state index in [1.165, 1.54) is 25.7 Å². The van der Waals surface area contributed by atoms with Gasteiger partial charge in [-0.3, -0.25) is 0 Å². The molecule has 2 rings (SSSR count). The molecular formula is C14H20. The Morgan fingerprint density at radius 3 is 2.57 bits per heavy atom. The maximum atomic E-state index is 2.37. The Morgan fingerprint density at radius 1 is 1.14 bits per heavy atom. The summed E-state index contributed by atoms with van der Waals surface area (Å²) < 4.78 is 0. The molecule has 0 heterocycles. The molecule has 0 fully saturated rings. The first-order chi connectivity index (χ1) is 6.83. The smallest absolute Gasteiger partial charge is 0.0162 e. The summed E-state index contributed by atoms with van der Waals surface area (Å²) in [6, 6.07) is 9.05. The van der Waals surface area contributed by atoms with Crippen LogP contribution in [0.4, 0.5) is 0 Å². The minimum Gasteiger partial charge on any atom is -0.0648 e. The minimum absolute atomic E-state index is 0.766. The van der Waals surface area contributed by atoms with Crippen LogP contribution in [-0.4, -0.2) is 0 Å². The molecule has 1 aromatic rings. The van der Waals surface area contributed by atoms with E-state index in [-0.39, 0.29) is 0 Å². The van der Waals surface area contributed by atoms with Crippen molar-refractivity contribution in [1.29, 1.82) is 0 Å².